The first-order chi connectivity index (χ1) is 12.8. The van der Waals surface area contributed by atoms with Crippen molar-refractivity contribution in [1.82, 2.24) is 19.5 Å². The van der Waals surface area contributed by atoms with E-state index in [0.717, 1.165) is 11.1 Å². The number of aromatic nitrogens is 4. The minimum atomic E-state index is -0.514. The van der Waals surface area contributed by atoms with Gasteiger partial charge in [0.05, 0.1) is 12.4 Å². The third-order valence-electron chi connectivity index (χ3n) is 4.21. The Hall–Kier alpha value is -2.87. The lowest BCUT2D eigenvalue weighted by Crippen LogP contribution is -2.18. The van der Waals surface area contributed by atoms with Gasteiger partial charge < -0.3 is 25.4 Å². The lowest BCUT2D eigenvalue weighted by molar-refractivity contribution is 0.208. The molecule has 2 aromatic heterocycles. The van der Waals surface area contributed by atoms with E-state index in [4.69, 9.17) is 0 Å². The topological polar surface area (TPSA) is 108 Å². The van der Waals surface area contributed by atoms with E-state index in [9.17, 15) is 10.2 Å². The molecule has 0 saturated carbocycles. The van der Waals surface area contributed by atoms with Crippen LogP contribution in [0.2, 0.25) is 0 Å². The highest BCUT2D eigenvalue weighted by atomic mass is 16.3. The Morgan fingerprint density at radius 1 is 1.15 bits per heavy atom. The van der Waals surface area contributed by atoms with Crippen LogP contribution in [-0.2, 0) is 6.54 Å². The molecular weight excluding hydrogens is 344 g/mol. The molecule has 4 N–H and O–H groups in total. The van der Waals surface area contributed by atoms with E-state index in [1.54, 1.807) is 19.3 Å². The summed E-state index contributed by atoms with van der Waals surface area (Å²) in [6.45, 7) is 8.55. The Labute approximate surface area is 158 Å². The Morgan fingerprint density at radius 3 is 2.63 bits per heavy atom. The Morgan fingerprint density at radius 2 is 1.93 bits per heavy atom. The smallest absolute Gasteiger partial charge is 0.226 e. The van der Waals surface area contributed by atoms with E-state index in [2.05, 4.69) is 39.4 Å². The second kappa shape index (κ2) is 7.79. The Kier molecular flexibility index (Phi) is 5.46. The third-order valence-corrected chi connectivity index (χ3v) is 4.21. The molecule has 3 rings (SSSR count). The number of hydrogen-bond donors (Lipinski definition) is 4. The molecule has 144 valence electrons. The van der Waals surface area contributed by atoms with Crippen molar-refractivity contribution >= 4 is 22.9 Å². The second-order valence-electron chi connectivity index (χ2n) is 7.03. The maximum atomic E-state index is 10.1. The van der Waals surface area contributed by atoms with Crippen LogP contribution in [0.4, 0.5) is 11.8 Å². The zero-order valence-corrected chi connectivity index (χ0v) is 16.1. The van der Waals surface area contributed by atoms with Crippen LogP contribution in [-0.4, -0.2) is 42.4 Å². The predicted molar refractivity (Wildman–Crippen MR) is 106 cm³/mol. The van der Waals surface area contributed by atoms with Gasteiger partial charge in [0.15, 0.2) is 17.0 Å². The van der Waals surface area contributed by atoms with Crippen LogP contribution in [0.1, 0.15) is 37.9 Å². The quantitative estimate of drug-likeness (QED) is 0.506. The van der Waals surface area contributed by atoms with Crippen LogP contribution < -0.4 is 10.6 Å². The summed E-state index contributed by atoms with van der Waals surface area (Å²) in [5, 5.41) is 25.9. The number of aromatic hydroxyl groups is 1. The van der Waals surface area contributed by atoms with Gasteiger partial charge in [0.25, 0.3) is 0 Å². The van der Waals surface area contributed by atoms with Crippen molar-refractivity contribution < 1.29 is 10.2 Å². The molecule has 0 radical (unpaired) electrons. The molecule has 0 amide bonds. The molecule has 1 atom stereocenters. The normalized spacial score (nSPS) is 12.5. The van der Waals surface area contributed by atoms with Gasteiger partial charge in [-0.05, 0) is 33.8 Å². The SMILES string of the molecule is Cc1ccc(O)c(CNc2nc(NC[C@@H](C)O)nc3c2ncn3C(C)C)c1. The van der Waals surface area contributed by atoms with Crippen LogP contribution in [0, 0.1) is 6.92 Å². The fourth-order valence-corrected chi connectivity index (χ4v) is 2.77. The summed E-state index contributed by atoms with van der Waals surface area (Å²) in [4.78, 5) is 13.5. The van der Waals surface area contributed by atoms with E-state index < -0.39 is 6.10 Å². The van der Waals surface area contributed by atoms with Crippen molar-refractivity contribution in [2.45, 2.75) is 46.4 Å². The van der Waals surface area contributed by atoms with E-state index in [0.29, 0.717) is 36.0 Å². The van der Waals surface area contributed by atoms with Gasteiger partial charge >= 0.3 is 0 Å². The van der Waals surface area contributed by atoms with Gasteiger partial charge in [-0.25, -0.2) is 4.98 Å². The van der Waals surface area contributed by atoms with Crippen molar-refractivity contribution in [2.24, 2.45) is 0 Å². The maximum Gasteiger partial charge on any atom is 0.226 e. The molecular formula is C19H26N6O2. The molecule has 3 aromatic rings. The number of nitrogens with one attached hydrogen (secondary N) is 2. The summed E-state index contributed by atoms with van der Waals surface area (Å²) < 4.78 is 1.97. The molecule has 8 heteroatoms. The number of phenolic OH excluding ortho intramolecular Hbond substituents is 1. The molecule has 27 heavy (non-hydrogen) atoms. The number of nitrogens with zero attached hydrogens (tertiary/aromatic N) is 4. The van der Waals surface area contributed by atoms with Crippen molar-refractivity contribution in [3.8, 4) is 5.75 Å². The molecule has 0 aliphatic rings. The minimum absolute atomic E-state index is 0.197. The van der Waals surface area contributed by atoms with Crippen LogP contribution in [0.5, 0.6) is 5.75 Å². The minimum Gasteiger partial charge on any atom is -0.508 e. The largest absolute Gasteiger partial charge is 0.508 e. The van der Waals surface area contributed by atoms with Gasteiger partial charge in [0, 0.05) is 24.7 Å². The third kappa shape index (κ3) is 4.28. The zero-order chi connectivity index (χ0) is 19.6. The Bertz CT molecular complexity index is 935. The summed E-state index contributed by atoms with van der Waals surface area (Å²) in [5.41, 5.74) is 3.23. The predicted octanol–water partition coefficient (Wildman–Crippen LogP) is 2.83. The summed E-state index contributed by atoms with van der Waals surface area (Å²) >= 11 is 0. The van der Waals surface area contributed by atoms with Crippen molar-refractivity contribution in [3.63, 3.8) is 0 Å². The highest BCUT2D eigenvalue weighted by Gasteiger charge is 2.15. The van der Waals surface area contributed by atoms with Crippen molar-refractivity contribution in [1.29, 1.82) is 0 Å². The number of benzene rings is 1. The second-order valence-corrected chi connectivity index (χ2v) is 7.03. The molecule has 2 heterocycles. The average Bonchev–Trinajstić information content (AvgIpc) is 3.04. The number of imidazole rings is 1. The lowest BCUT2D eigenvalue weighted by Gasteiger charge is -2.13. The van der Waals surface area contributed by atoms with Crippen LogP contribution in [0.15, 0.2) is 24.5 Å². The van der Waals surface area contributed by atoms with Crippen molar-refractivity contribution in [2.75, 3.05) is 17.2 Å². The van der Waals surface area contributed by atoms with Crippen LogP contribution >= 0.6 is 0 Å². The van der Waals surface area contributed by atoms with E-state index in [-0.39, 0.29) is 11.8 Å². The molecule has 0 aliphatic carbocycles. The molecule has 8 nitrogen and oxygen atoms in total. The number of aliphatic hydroxyl groups excluding tert-OH is 1. The van der Waals surface area contributed by atoms with Gasteiger partial charge in [-0.15, -0.1) is 0 Å². The fourth-order valence-electron chi connectivity index (χ4n) is 2.77. The zero-order valence-electron chi connectivity index (χ0n) is 16.1. The van der Waals surface area contributed by atoms with Gasteiger partial charge in [-0.3, -0.25) is 0 Å². The van der Waals surface area contributed by atoms with E-state index >= 15 is 0 Å². The molecule has 0 saturated heterocycles. The lowest BCUT2D eigenvalue weighted by atomic mass is 10.1. The summed E-state index contributed by atoms with van der Waals surface area (Å²) in [5.74, 6) is 1.23. The molecule has 0 bridgehead atoms. The highest BCUT2D eigenvalue weighted by molar-refractivity contribution is 5.84. The first kappa shape index (κ1) is 18.9. The van der Waals surface area contributed by atoms with Gasteiger partial charge in [0.2, 0.25) is 5.95 Å². The van der Waals surface area contributed by atoms with Gasteiger partial charge in [-0.2, -0.15) is 9.97 Å². The number of anilines is 2. The molecule has 0 spiro atoms. The number of rotatable bonds is 7. The van der Waals surface area contributed by atoms with Crippen molar-refractivity contribution in [3.05, 3.63) is 35.7 Å². The maximum absolute atomic E-state index is 10.1. The summed E-state index contributed by atoms with van der Waals surface area (Å²) in [6, 6.07) is 5.68. The molecule has 0 unspecified atom stereocenters. The standard InChI is InChI=1S/C19H26N6O2/c1-11(2)25-10-22-16-17(20-9-14-7-12(3)5-6-15(14)27)23-19(24-18(16)25)21-8-13(4)26/h5-7,10-11,13,26-27H,8-9H2,1-4H3,(H2,20,21,23,24)/t13-/m1/s1. The van der Waals surface area contributed by atoms with Gasteiger partial charge in [0.1, 0.15) is 5.75 Å². The van der Waals surface area contributed by atoms with Crippen LogP contribution in [0.3, 0.4) is 0 Å². The van der Waals surface area contributed by atoms with Crippen LogP contribution in [0.25, 0.3) is 11.2 Å². The summed E-state index contributed by atoms with van der Waals surface area (Å²) in [6.07, 6.45) is 1.23. The first-order valence-electron chi connectivity index (χ1n) is 9.04. The number of hydrogen-bond acceptors (Lipinski definition) is 7. The first-order valence-corrected chi connectivity index (χ1v) is 9.04. The monoisotopic (exact) mass is 370 g/mol. The molecule has 1 aromatic carbocycles. The summed E-state index contributed by atoms with van der Waals surface area (Å²) in [7, 11) is 0. The number of phenols is 1. The molecule has 0 aliphatic heterocycles. The van der Waals surface area contributed by atoms with Gasteiger partial charge in [-0.1, -0.05) is 17.7 Å². The molecule has 0 fully saturated rings. The average molecular weight is 370 g/mol. The number of fused-ring (bicyclic) bond motifs is 1. The Balaban J connectivity index is 1.95. The highest BCUT2D eigenvalue weighted by Crippen LogP contribution is 2.25. The van der Waals surface area contributed by atoms with E-state index in [1.165, 1.54) is 0 Å². The number of aryl methyl sites for hydroxylation is 1. The number of aliphatic hydroxyl groups is 1. The van der Waals surface area contributed by atoms with E-state index in [1.807, 2.05) is 23.6 Å². The fraction of sp³-hybridized carbons (Fsp3) is 0.421.